The third-order valence-corrected chi connectivity index (χ3v) is 9.35. The average Bonchev–Trinajstić information content (AvgIpc) is 3.00. The molecule has 0 saturated carbocycles. The number of nitrogens with one attached hydrogen (secondary N) is 1. The Kier molecular flexibility index (Phi) is 8.55. The topological polar surface area (TPSA) is 105 Å². The molecule has 2 aliphatic rings. The van der Waals surface area contributed by atoms with Gasteiger partial charge in [0, 0.05) is 25.6 Å². The largest absolute Gasteiger partial charge is 0.495 e. The van der Waals surface area contributed by atoms with Crippen molar-refractivity contribution in [1.82, 2.24) is 9.62 Å². The van der Waals surface area contributed by atoms with E-state index in [0.717, 1.165) is 17.7 Å². The molecular formula is C30H32FN3O6S. The summed E-state index contributed by atoms with van der Waals surface area (Å²) in [5.41, 5.74) is 1.68. The maximum Gasteiger partial charge on any atom is 0.262 e. The minimum atomic E-state index is -4.03. The summed E-state index contributed by atoms with van der Waals surface area (Å²) in [7, 11) is -2.70. The van der Waals surface area contributed by atoms with Gasteiger partial charge in [-0.3, -0.25) is 9.59 Å². The Bertz CT molecular complexity index is 1510. The van der Waals surface area contributed by atoms with E-state index in [1.165, 1.54) is 17.5 Å². The van der Waals surface area contributed by atoms with E-state index < -0.39 is 27.9 Å². The number of carbonyl (C=O) groups excluding carboxylic acids is 2. The summed E-state index contributed by atoms with van der Waals surface area (Å²) in [6.07, 6.45) is 0.346. The van der Waals surface area contributed by atoms with Gasteiger partial charge in [0.1, 0.15) is 22.2 Å². The van der Waals surface area contributed by atoms with Crippen LogP contribution in [0.4, 0.5) is 10.1 Å². The van der Waals surface area contributed by atoms with Crippen molar-refractivity contribution in [2.75, 3.05) is 38.2 Å². The molecule has 0 spiro atoms. The zero-order chi connectivity index (χ0) is 29.0. The number of ether oxygens (including phenoxy) is 2. The monoisotopic (exact) mass is 581 g/mol. The van der Waals surface area contributed by atoms with Crippen LogP contribution in [-0.2, 0) is 26.0 Å². The fourth-order valence-electron chi connectivity index (χ4n) is 5.22. The zero-order valence-corrected chi connectivity index (χ0v) is 23.5. The first-order valence-electron chi connectivity index (χ1n) is 13.5. The van der Waals surface area contributed by atoms with Gasteiger partial charge < -0.3 is 19.7 Å². The number of hydrogen-bond donors (Lipinski definition) is 1. The number of nitrogens with zero attached hydrogens (tertiary/aromatic N) is 2. The molecule has 41 heavy (non-hydrogen) atoms. The molecule has 1 atom stereocenters. The van der Waals surface area contributed by atoms with Gasteiger partial charge >= 0.3 is 0 Å². The normalized spacial score (nSPS) is 17.8. The molecule has 0 unspecified atom stereocenters. The van der Waals surface area contributed by atoms with Crippen LogP contribution < -0.4 is 19.7 Å². The molecule has 1 N–H and O–H groups in total. The van der Waals surface area contributed by atoms with Gasteiger partial charge in [-0.2, -0.15) is 4.31 Å². The van der Waals surface area contributed by atoms with E-state index in [0.29, 0.717) is 24.4 Å². The molecule has 216 valence electrons. The van der Waals surface area contributed by atoms with Crippen LogP contribution in [0.2, 0.25) is 0 Å². The summed E-state index contributed by atoms with van der Waals surface area (Å²) in [5, 5.41) is 2.91. The van der Waals surface area contributed by atoms with Crippen LogP contribution in [0.5, 0.6) is 11.5 Å². The van der Waals surface area contributed by atoms with Crippen LogP contribution in [0.1, 0.15) is 18.4 Å². The Morgan fingerprint density at radius 1 is 1.02 bits per heavy atom. The molecule has 2 heterocycles. The highest BCUT2D eigenvalue weighted by Gasteiger charge is 2.39. The Morgan fingerprint density at radius 3 is 2.46 bits per heavy atom. The lowest BCUT2D eigenvalue weighted by atomic mass is 9.95. The second-order valence-corrected chi connectivity index (χ2v) is 11.9. The van der Waals surface area contributed by atoms with Gasteiger partial charge in [-0.1, -0.05) is 42.5 Å². The second-order valence-electron chi connectivity index (χ2n) is 10.0. The van der Waals surface area contributed by atoms with Crippen LogP contribution in [0, 0.1) is 11.7 Å². The van der Waals surface area contributed by atoms with Crippen LogP contribution in [0.15, 0.2) is 77.7 Å². The smallest absolute Gasteiger partial charge is 0.262 e. The van der Waals surface area contributed by atoms with Crippen LogP contribution in [-0.4, -0.2) is 63.9 Å². The molecular weight excluding hydrogens is 549 g/mol. The second kappa shape index (κ2) is 12.3. The van der Waals surface area contributed by atoms with Crippen molar-refractivity contribution in [2.24, 2.45) is 5.92 Å². The minimum absolute atomic E-state index is 0.0476. The molecule has 0 aliphatic carbocycles. The van der Waals surface area contributed by atoms with Crippen molar-refractivity contribution in [3.8, 4) is 11.5 Å². The minimum Gasteiger partial charge on any atom is -0.495 e. The third-order valence-electron chi connectivity index (χ3n) is 7.43. The Morgan fingerprint density at radius 2 is 1.73 bits per heavy atom. The number of sulfonamides is 1. The standard InChI is InChI=1S/C30H32FN3O6S/c1-39-26-12-11-23(31)19-28(26)41(37,38)33-17-14-22(15-18-33)30(36)34-20-27(40-25-10-6-5-9-24(25)34)29(35)32-16-13-21-7-3-2-4-8-21/h2-12,19,22,27H,13-18,20H2,1H3,(H,32,35)/t27-/m1/s1. The lowest BCUT2D eigenvalue weighted by molar-refractivity contribution is -0.129. The Balaban J connectivity index is 1.25. The van der Waals surface area contributed by atoms with Crippen molar-refractivity contribution >= 4 is 27.5 Å². The maximum absolute atomic E-state index is 13.9. The zero-order valence-electron chi connectivity index (χ0n) is 22.7. The van der Waals surface area contributed by atoms with Gasteiger partial charge in [0.25, 0.3) is 5.91 Å². The number of para-hydroxylation sites is 2. The maximum atomic E-state index is 13.9. The SMILES string of the molecule is COc1ccc(F)cc1S(=O)(=O)N1CCC(C(=O)N2C[C@H](C(=O)NCCc3ccccc3)Oc3ccccc32)CC1. The number of carbonyl (C=O) groups is 2. The van der Waals surface area contributed by atoms with Crippen molar-refractivity contribution < 1.29 is 31.9 Å². The number of piperidine rings is 1. The number of amides is 2. The van der Waals surface area contributed by atoms with Crippen molar-refractivity contribution in [2.45, 2.75) is 30.3 Å². The molecule has 3 aromatic carbocycles. The van der Waals surface area contributed by atoms with Crippen molar-refractivity contribution in [1.29, 1.82) is 0 Å². The van der Waals surface area contributed by atoms with Gasteiger partial charge in [0.2, 0.25) is 15.9 Å². The molecule has 2 aliphatic heterocycles. The first kappa shape index (κ1) is 28.6. The molecule has 1 fully saturated rings. The molecule has 0 bridgehead atoms. The first-order valence-corrected chi connectivity index (χ1v) is 14.9. The highest BCUT2D eigenvalue weighted by Crippen LogP contribution is 2.36. The van der Waals surface area contributed by atoms with E-state index in [-0.39, 0.29) is 54.9 Å². The molecule has 9 nitrogen and oxygen atoms in total. The molecule has 11 heteroatoms. The van der Waals surface area contributed by atoms with Gasteiger partial charge in [0.05, 0.1) is 19.3 Å². The van der Waals surface area contributed by atoms with E-state index in [4.69, 9.17) is 9.47 Å². The van der Waals surface area contributed by atoms with Gasteiger partial charge in [-0.25, -0.2) is 12.8 Å². The van der Waals surface area contributed by atoms with E-state index in [9.17, 15) is 22.4 Å². The summed E-state index contributed by atoms with van der Waals surface area (Å²) in [4.78, 5) is 28.1. The van der Waals surface area contributed by atoms with E-state index >= 15 is 0 Å². The number of hydrogen-bond acceptors (Lipinski definition) is 6. The predicted molar refractivity (Wildman–Crippen MR) is 151 cm³/mol. The fraction of sp³-hybridized carbons (Fsp3) is 0.333. The Hall–Kier alpha value is -3.96. The van der Waals surface area contributed by atoms with Gasteiger partial charge in [0.15, 0.2) is 6.10 Å². The molecule has 5 rings (SSSR count). The molecule has 1 saturated heterocycles. The van der Waals surface area contributed by atoms with Crippen LogP contribution >= 0.6 is 0 Å². The molecule has 3 aromatic rings. The van der Waals surface area contributed by atoms with Crippen LogP contribution in [0.3, 0.4) is 0 Å². The molecule has 0 aromatic heterocycles. The van der Waals surface area contributed by atoms with Crippen molar-refractivity contribution in [3.63, 3.8) is 0 Å². The number of halogens is 1. The number of benzene rings is 3. The van der Waals surface area contributed by atoms with Crippen molar-refractivity contribution in [3.05, 3.63) is 84.2 Å². The first-order chi connectivity index (χ1) is 19.8. The van der Waals surface area contributed by atoms with Crippen LogP contribution in [0.25, 0.3) is 0 Å². The lowest BCUT2D eigenvalue weighted by Crippen LogP contribution is -2.53. The number of anilines is 1. The fourth-order valence-corrected chi connectivity index (χ4v) is 6.86. The van der Waals surface area contributed by atoms with E-state index in [1.54, 1.807) is 29.2 Å². The highest BCUT2D eigenvalue weighted by molar-refractivity contribution is 7.89. The Labute approximate surface area is 238 Å². The average molecular weight is 582 g/mol. The summed E-state index contributed by atoms with van der Waals surface area (Å²) < 4.78 is 52.8. The van der Waals surface area contributed by atoms with E-state index in [1.807, 2.05) is 30.3 Å². The van der Waals surface area contributed by atoms with E-state index in [2.05, 4.69) is 5.32 Å². The number of fused-ring (bicyclic) bond motifs is 1. The predicted octanol–water partition coefficient (Wildman–Crippen LogP) is 3.39. The summed E-state index contributed by atoms with van der Waals surface area (Å²) >= 11 is 0. The summed E-state index contributed by atoms with van der Waals surface area (Å²) in [5.74, 6) is -1.14. The quantitative estimate of drug-likeness (QED) is 0.437. The lowest BCUT2D eigenvalue weighted by Gasteiger charge is -2.38. The summed E-state index contributed by atoms with van der Waals surface area (Å²) in [6.45, 7) is 0.662. The van der Waals surface area contributed by atoms with Gasteiger partial charge in [-0.15, -0.1) is 0 Å². The molecule has 0 radical (unpaired) electrons. The summed E-state index contributed by atoms with van der Waals surface area (Å²) in [6, 6.07) is 20.2. The molecule has 2 amide bonds. The van der Waals surface area contributed by atoms with Gasteiger partial charge in [-0.05, 0) is 55.2 Å². The number of rotatable bonds is 8. The third kappa shape index (κ3) is 6.20. The highest BCUT2D eigenvalue weighted by atomic mass is 32.2. The number of methoxy groups -OCH3 is 1.